The Kier molecular flexibility index (Phi) is 9.30. The summed E-state index contributed by atoms with van der Waals surface area (Å²) >= 11 is 0. The van der Waals surface area contributed by atoms with Crippen molar-refractivity contribution in [2.45, 2.75) is 38.3 Å². The van der Waals surface area contributed by atoms with Crippen molar-refractivity contribution in [3.8, 4) is 5.75 Å². The number of nitrogens with zero attached hydrogens (tertiary/aromatic N) is 2. The Bertz CT molecular complexity index is 1310. The number of sulfonamides is 1. The Labute approximate surface area is 218 Å². The van der Waals surface area contributed by atoms with E-state index >= 15 is 0 Å². The molecule has 0 saturated heterocycles. The second kappa shape index (κ2) is 12.4. The number of likely N-dealkylation sites (N-methyl/N-ethyl adjacent to an activating group) is 1. The molecule has 0 radical (unpaired) electrons. The number of aryl methyl sites for hydroxylation is 1. The van der Waals surface area contributed by atoms with Crippen molar-refractivity contribution in [3.05, 3.63) is 90.0 Å². The van der Waals surface area contributed by atoms with E-state index in [1.807, 2.05) is 31.2 Å². The second-order valence-electron chi connectivity index (χ2n) is 8.57. The summed E-state index contributed by atoms with van der Waals surface area (Å²) in [5.41, 5.74) is 2.11. The van der Waals surface area contributed by atoms with Gasteiger partial charge in [-0.15, -0.1) is 0 Å². The van der Waals surface area contributed by atoms with Crippen LogP contribution in [0.3, 0.4) is 0 Å². The Balaban J connectivity index is 2.05. The normalized spacial score (nSPS) is 11.9. The van der Waals surface area contributed by atoms with Crippen molar-refractivity contribution >= 4 is 27.5 Å². The van der Waals surface area contributed by atoms with Crippen LogP contribution in [-0.2, 0) is 26.2 Å². The quantitative estimate of drug-likeness (QED) is 0.413. The lowest BCUT2D eigenvalue weighted by Crippen LogP contribution is -2.51. The van der Waals surface area contributed by atoms with Crippen LogP contribution in [0.25, 0.3) is 0 Å². The van der Waals surface area contributed by atoms with E-state index in [2.05, 4.69) is 5.32 Å². The Morgan fingerprint density at radius 1 is 0.946 bits per heavy atom. The maximum absolute atomic E-state index is 13.8. The van der Waals surface area contributed by atoms with Gasteiger partial charge in [-0.25, -0.2) is 8.42 Å². The molecule has 1 N–H and O–H groups in total. The third-order valence-corrected chi connectivity index (χ3v) is 7.73. The molecular formula is C28H33N3O5S. The van der Waals surface area contributed by atoms with Gasteiger partial charge in [-0.1, -0.05) is 60.2 Å². The fourth-order valence-electron chi connectivity index (χ4n) is 3.86. The first-order chi connectivity index (χ1) is 17.7. The molecule has 0 spiro atoms. The van der Waals surface area contributed by atoms with Crippen LogP contribution in [0.2, 0.25) is 0 Å². The van der Waals surface area contributed by atoms with Gasteiger partial charge in [0.1, 0.15) is 18.3 Å². The first-order valence-electron chi connectivity index (χ1n) is 12.0. The Morgan fingerprint density at radius 2 is 1.57 bits per heavy atom. The zero-order valence-corrected chi connectivity index (χ0v) is 22.4. The van der Waals surface area contributed by atoms with Crippen molar-refractivity contribution in [2.24, 2.45) is 0 Å². The van der Waals surface area contributed by atoms with E-state index in [4.69, 9.17) is 4.74 Å². The van der Waals surface area contributed by atoms with Gasteiger partial charge in [-0.3, -0.25) is 13.9 Å². The zero-order chi connectivity index (χ0) is 27.0. The van der Waals surface area contributed by atoms with Gasteiger partial charge in [-0.05, 0) is 50.6 Å². The lowest BCUT2D eigenvalue weighted by Gasteiger charge is -2.32. The molecule has 9 heteroatoms. The van der Waals surface area contributed by atoms with E-state index in [1.165, 1.54) is 24.1 Å². The molecule has 0 unspecified atom stereocenters. The molecule has 0 aromatic heterocycles. The van der Waals surface area contributed by atoms with Gasteiger partial charge < -0.3 is 15.0 Å². The Hall–Kier alpha value is -3.85. The largest absolute Gasteiger partial charge is 0.495 e. The van der Waals surface area contributed by atoms with Crippen LogP contribution in [0.15, 0.2) is 83.8 Å². The van der Waals surface area contributed by atoms with Gasteiger partial charge >= 0.3 is 0 Å². The van der Waals surface area contributed by atoms with Crippen molar-refractivity contribution in [3.63, 3.8) is 0 Å². The number of anilines is 1. The van der Waals surface area contributed by atoms with Gasteiger partial charge in [-0.2, -0.15) is 0 Å². The molecule has 0 heterocycles. The van der Waals surface area contributed by atoms with E-state index in [0.29, 0.717) is 12.3 Å². The fraction of sp³-hybridized carbons (Fsp3) is 0.286. The molecule has 3 rings (SSSR count). The highest BCUT2D eigenvalue weighted by atomic mass is 32.2. The summed E-state index contributed by atoms with van der Waals surface area (Å²) in [7, 11) is -2.71. The van der Waals surface area contributed by atoms with Crippen LogP contribution in [0.4, 0.5) is 5.69 Å². The number of amides is 2. The number of carbonyl (C=O) groups excluding carboxylic acids is 2. The summed E-state index contributed by atoms with van der Waals surface area (Å²) in [6.07, 6.45) is 0. The smallest absolute Gasteiger partial charge is 0.264 e. The lowest BCUT2D eigenvalue weighted by atomic mass is 10.1. The number of benzene rings is 3. The number of para-hydroxylation sites is 2. The molecule has 3 aromatic rings. The van der Waals surface area contributed by atoms with Gasteiger partial charge in [0.2, 0.25) is 11.8 Å². The molecule has 196 valence electrons. The molecular weight excluding hydrogens is 490 g/mol. The van der Waals surface area contributed by atoms with E-state index < -0.39 is 28.5 Å². The third-order valence-electron chi connectivity index (χ3n) is 5.96. The first kappa shape index (κ1) is 27.7. The molecule has 0 saturated carbocycles. The minimum Gasteiger partial charge on any atom is -0.495 e. The molecule has 0 fully saturated rings. The average molecular weight is 524 g/mol. The molecule has 0 bridgehead atoms. The number of nitrogens with one attached hydrogen (secondary N) is 1. The molecule has 2 amide bonds. The summed E-state index contributed by atoms with van der Waals surface area (Å²) in [5, 5.41) is 2.75. The van der Waals surface area contributed by atoms with Crippen LogP contribution in [-0.4, -0.2) is 51.4 Å². The lowest BCUT2D eigenvalue weighted by molar-refractivity contribution is -0.139. The first-order valence-corrected chi connectivity index (χ1v) is 13.5. The van der Waals surface area contributed by atoms with Crippen molar-refractivity contribution < 1.29 is 22.7 Å². The molecule has 8 nitrogen and oxygen atoms in total. The van der Waals surface area contributed by atoms with E-state index in [9.17, 15) is 18.0 Å². The number of hydrogen-bond acceptors (Lipinski definition) is 5. The monoisotopic (exact) mass is 523 g/mol. The predicted molar refractivity (Wildman–Crippen MR) is 144 cm³/mol. The van der Waals surface area contributed by atoms with E-state index in [0.717, 1.165) is 15.4 Å². The third kappa shape index (κ3) is 6.68. The SMILES string of the molecule is CCNC(=O)[C@@H](C)N(Cc1ccc(C)cc1)C(=O)CN(c1ccccc1OC)S(=O)(=O)c1ccccc1. The summed E-state index contributed by atoms with van der Waals surface area (Å²) < 4.78 is 34.0. The molecule has 1 atom stereocenters. The molecule has 0 aliphatic carbocycles. The average Bonchev–Trinajstić information content (AvgIpc) is 2.91. The van der Waals surface area contributed by atoms with Gasteiger partial charge in [0, 0.05) is 13.1 Å². The zero-order valence-electron chi connectivity index (χ0n) is 21.5. The number of carbonyl (C=O) groups is 2. The number of hydrogen-bond donors (Lipinski definition) is 1. The molecule has 3 aromatic carbocycles. The van der Waals surface area contributed by atoms with Crippen molar-refractivity contribution in [1.29, 1.82) is 0 Å². The molecule has 0 aliphatic heterocycles. The van der Waals surface area contributed by atoms with Gasteiger partial charge in [0.05, 0.1) is 17.7 Å². The van der Waals surface area contributed by atoms with Crippen LogP contribution < -0.4 is 14.4 Å². The summed E-state index contributed by atoms with van der Waals surface area (Å²) in [6, 6.07) is 21.3. The summed E-state index contributed by atoms with van der Waals surface area (Å²) in [6.45, 7) is 5.42. The van der Waals surface area contributed by atoms with Crippen LogP contribution in [0, 0.1) is 6.92 Å². The highest BCUT2D eigenvalue weighted by Crippen LogP contribution is 2.32. The topological polar surface area (TPSA) is 96.0 Å². The van der Waals surface area contributed by atoms with Gasteiger partial charge in [0.15, 0.2) is 0 Å². The van der Waals surface area contributed by atoms with Gasteiger partial charge in [0.25, 0.3) is 10.0 Å². The van der Waals surface area contributed by atoms with E-state index in [1.54, 1.807) is 56.3 Å². The standard InChI is InChI=1S/C28H33N3O5S/c1-5-29-28(33)22(3)30(19-23-17-15-21(2)16-18-23)27(32)20-31(25-13-9-10-14-26(25)36-4)37(34,35)24-11-7-6-8-12-24/h6-18,22H,5,19-20H2,1-4H3,(H,29,33)/t22-/m1/s1. The minimum absolute atomic E-state index is 0.0376. The van der Waals surface area contributed by atoms with Crippen molar-refractivity contribution in [1.82, 2.24) is 10.2 Å². The number of ether oxygens (including phenoxy) is 1. The Morgan fingerprint density at radius 3 is 2.19 bits per heavy atom. The summed E-state index contributed by atoms with van der Waals surface area (Å²) in [4.78, 5) is 28.0. The minimum atomic E-state index is -4.14. The fourth-order valence-corrected chi connectivity index (χ4v) is 5.31. The highest BCUT2D eigenvalue weighted by Gasteiger charge is 2.33. The maximum atomic E-state index is 13.8. The number of rotatable bonds is 11. The summed E-state index contributed by atoms with van der Waals surface area (Å²) in [5.74, 6) is -0.542. The second-order valence-corrected chi connectivity index (χ2v) is 10.4. The van der Waals surface area contributed by atoms with Crippen LogP contribution in [0.1, 0.15) is 25.0 Å². The molecule has 0 aliphatic rings. The van der Waals surface area contributed by atoms with E-state index in [-0.39, 0.29) is 23.0 Å². The highest BCUT2D eigenvalue weighted by molar-refractivity contribution is 7.92. The predicted octanol–water partition coefficient (Wildman–Crippen LogP) is 3.75. The number of methoxy groups -OCH3 is 1. The van der Waals surface area contributed by atoms with Crippen LogP contribution >= 0.6 is 0 Å². The van der Waals surface area contributed by atoms with Crippen LogP contribution in [0.5, 0.6) is 5.75 Å². The molecule has 37 heavy (non-hydrogen) atoms. The van der Waals surface area contributed by atoms with Crippen molar-refractivity contribution in [2.75, 3.05) is 24.5 Å². The maximum Gasteiger partial charge on any atom is 0.264 e.